The molecule has 80 valence electrons. The quantitative estimate of drug-likeness (QED) is 0.809. The van der Waals surface area contributed by atoms with E-state index >= 15 is 0 Å². The number of benzene rings is 1. The van der Waals surface area contributed by atoms with Crippen molar-refractivity contribution in [3.63, 3.8) is 0 Å². The number of nitrogens with one attached hydrogen (secondary N) is 1. The fourth-order valence-electron chi connectivity index (χ4n) is 1.52. The molecule has 0 fully saturated rings. The maximum Gasteiger partial charge on any atom is 0.0574 e. The van der Waals surface area contributed by atoms with Gasteiger partial charge in [-0.15, -0.1) is 11.3 Å². The molecule has 1 N–H and O–H groups in total. The van der Waals surface area contributed by atoms with Gasteiger partial charge >= 0.3 is 0 Å². The van der Waals surface area contributed by atoms with Gasteiger partial charge in [-0.1, -0.05) is 26.0 Å². The average molecular weight is 219 g/mol. The van der Waals surface area contributed by atoms with Crippen molar-refractivity contribution in [2.24, 2.45) is 5.92 Å². The van der Waals surface area contributed by atoms with Gasteiger partial charge in [-0.05, 0) is 35.7 Å². The summed E-state index contributed by atoms with van der Waals surface area (Å²) in [6.07, 6.45) is 0. The summed E-state index contributed by atoms with van der Waals surface area (Å²) >= 11 is 1.81. The van der Waals surface area contributed by atoms with Crippen LogP contribution in [0.15, 0.2) is 29.6 Å². The molecule has 1 heterocycles. The molecule has 15 heavy (non-hydrogen) atoms. The first-order valence-electron chi connectivity index (χ1n) is 5.41. The van der Waals surface area contributed by atoms with Gasteiger partial charge in [0.25, 0.3) is 0 Å². The van der Waals surface area contributed by atoms with E-state index in [-0.39, 0.29) is 0 Å². The molecule has 0 aliphatic rings. The second-order valence-corrected chi connectivity index (χ2v) is 5.24. The molecule has 1 aromatic carbocycles. The van der Waals surface area contributed by atoms with E-state index in [0.717, 1.165) is 0 Å². The Kier molecular flexibility index (Phi) is 2.96. The Balaban J connectivity index is 2.31. The van der Waals surface area contributed by atoms with Crippen molar-refractivity contribution in [2.45, 2.75) is 26.8 Å². The van der Waals surface area contributed by atoms with E-state index in [0.29, 0.717) is 12.0 Å². The van der Waals surface area contributed by atoms with Crippen molar-refractivity contribution in [3.05, 3.63) is 29.6 Å². The van der Waals surface area contributed by atoms with Crippen molar-refractivity contribution in [1.82, 2.24) is 0 Å². The van der Waals surface area contributed by atoms with Crippen LogP contribution in [0.4, 0.5) is 5.69 Å². The number of anilines is 1. The number of hydrogen-bond donors (Lipinski definition) is 1. The van der Waals surface area contributed by atoms with Crippen LogP contribution in [0.25, 0.3) is 10.1 Å². The third-order valence-electron chi connectivity index (χ3n) is 2.86. The number of rotatable bonds is 3. The fourth-order valence-corrected chi connectivity index (χ4v) is 2.40. The lowest BCUT2D eigenvalue weighted by Crippen LogP contribution is -2.21. The predicted octanol–water partition coefficient (Wildman–Crippen LogP) is 4.36. The van der Waals surface area contributed by atoms with Crippen LogP contribution in [0.3, 0.4) is 0 Å². The molecular weight excluding hydrogens is 202 g/mol. The summed E-state index contributed by atoms with van der Waals surface area (Å²) in [5.74, 6) is 0.653. The summed E-state index contributed by atoms with van der Waals surface area (Å²) in [6.45, 7) is 6.72. The summed E-state index contributed by atoms with van der Waals surface area (Å²) in [4.78, 5) is 0. The normalized spacial score (nSPS) is 13.3. The minimum atomic E-state index is 0.512. The Morgan fingerprint density at radius 3 is 2.67 bits per heavy atom. The van der Waals surface area contributed by atoms with E-state index in [2.05, 4.69) is 55.7 Å². The standard InChI is InChI=1S/C13H17NS/c1-9(2)10(3)14-12-6-4-5-11-7-8-15-13(11)12/h4-10,14H,1-3H3. The van der Waals surface area contributed by atoms with Crippen LogP contribution in [0.5, 0.6) is 0 Å². The lowest BCUT2D eigenvalue weighted by atomic mass is 10.1. The summed E-state index contributed by atoms with van der Waals surface area (Å²) in [5.41, 5.74) is 1.27. The van der Waals surface area contributed by atoms with Gasteiger partial charge in [-0.2, -0.15) is 0 Å². The molecule has 1 atom stereocenters. The van der Waals surface area contributed by atoms with Gasteiger partial charge in [0.1, 0.15) is 0 Å². The van der Waals surface area contributed by atoms with Gasteiger partial charge in [0, 0.05) is 6.04 Å². The highest BCUT2D eigenvalue weighted by Crippen LogP contribution is 2.29. The third kappa shape index (κ3) is 2.15. The molecule has 2 aromatic rings. The molecule has 0 spiro atoms. The topological polar surface area (TPSA) is 12.0 Å². The minimum Gasteiger partial charge on any atom is -0.381 e. The Labute approximate surface area is 95.1 Å². The smallest absolute Gasteiger partial charge is 0.0574 e. The molecule has 0 amide bonds. The summed E-state index contributed by atoms with van der Waals surface area (Å²) in [7, 11) is 0. The van der Waals surface area contributed by atoms with E-state index in [4.69, 9.17) is 0 Å². The maximum absolute atomic E-state index is 3.58. The molecule has 2 heteroatoms. The summed E-state index contributed by atoms with van der Waals surface area (Å²) in [5, 5.41) is 7.06. The van der Waals surface area contributed by atoms with Crippen LogP contribution in [-0.2, 0) is 0 Å². The van der Waals surface area contributed by atoms with Crippen LogP contribution in [0.1, 0.15) is 20.8 Å². The summed E-state index contributed by atoms with van der Waals surface area (Å²) in [6, 6.07) is 9.13. The molecule has 0 aliphatic carbocycles. The number of hydrogen-bond acceptors (Lipinski definition) is 2. The van der Waals surface area contributed by atoms with Crippen molar-refractivity contribution >= 4 is 27.1 Å². The minimum absolute atomic E-state index is 0.512. The zero-order chi connectivity index (χ0) is 10.8. The molecule has 0 aliphatic heterocycles. The van der Waals surface area contributed by atoms with Gasteiger partial charge < -0.3 is 5.32 Å². The van der Waals surface area contributed by atoms with Crippen LogP contribution in [0, 0.1) is 5.92 Å². The summed E-state index contributed by atoms with van der Waals surface area (Å²) < 4.78 is 1.37. The van der Waals surface area contributed by atoms with E-state index in [1.807, 2.05) is 0 Å². The van der Waals surface area contributed by atoms with Gasteiger partial charge in [-0.25, -0.2) is 0 Å². The molecule has 0 saturated carbocycles. The van der Waals surface area contributed by atoms with Gasteiger partial charge in [0.15, 0.2) is 0 Å². The van der Waals surface area contributed by atoms with Gasteiger partial charge in [-0.3, -0.25) is 0 Å². The van der Waals surface area contributed by atoms with E-state index < -0.39 is 0 Å². The Morgan fingerprint density at radius 2 is 1.93 bits per heavy atom. The van der Waals surface area contributed by atoms with Crippen LogP contribution in [-0.4, -0.2) is 6.04 Å². The number of thiophene rings is 1. The van der Waals surface area contributed by atoms with Crippen molar-refractivity contribution in [2.75, 3.05) is 5.32 Å². The highest BCUT2D eigenvalue weighted by Gasteiger charge is 2.08. The Morgan fingerprint density at radius 1 is 1.13 bits per heavy atom. The van der Waals surface area contributed by atoms with Crippen molar-refractivity contribution < 1.29 is 0 Å². The second-order valence-electron chi connectivity index (χ2n) is 4.32. The Hall–Kier alpha value is -1.02. The monoisotopic (exact) mass is 219 g/mol. The van der Waals surface area contributed by atoms with Crippen molar-refractivity contribution in [1.29, 1.82) is 0 Å². The lowest BCUT2D eigenvalue weighted by molar-refractivity contribution is 0.560. The molecule has 2 rings (SSSR count). The van der Waals surface area contributed by atoms with E-state index in [1.54, 1.807) is 11.3 Å². The highest BCUT2D eigenvalue weighted by molar-refractivity contribution is 7.17. The SMILES string of the molecule is CC(C)C(C)Nc1cccc2ccsc12. The van der Waals surface area contributed by atoms with E-state index in [9.17, 15) is 0 Å². The molecule has 1 nitrogen and oxygen atoms in total. The van der Waals surface area contributed by atoms with Gasteiger partial charge in [0.2, 0.25) is 0 Å². The van der Waals surface area contributed by atoms with Gasteiger partial charge in [0.05, 0.1) is 10.4 Å². The third-order valence-corrected chi connectivity index (χ3v) is 3.83. The molecule has 1 aromatic heterocycles. The molecule has 0 saturated heterocycles. The average Bonchev–Trinajstić information content (AvgIpc) is 2.66. The van der Waals surface area contributed by atoms with Crippen LogP contribution < -0.4 is 5.32 Å². The zero-order valence-corrected chi connectivity index (χ0v) is 10.3. The fraction of sp³-hybridized carbons (Fsp3) is 0.385. The van der Waals surface area contributed by atoms with E-state index in [1.165, 1.54) is 15.8 Å². The predicted molar refractivity (Wildman–Crippen MR) is 69.7 cm³/mol. The highest BCUT2D eigenvalue weighted by atomic mass is 32.1. The molecule has 0 bridgehead atoms. The first-order valence-corrected chi connectivity index (χ1v) is 6.29. The van der Waals surface area contributed by atoms with Crippen LogP contribution >= 0.6 is 11.3 Å². The largest absolute Gasteiger partial charge is 0.381 e. The lowest BCUT2D eigenvalue weighted by Gasteiger charge is -2.19. The first-order chi connectivity index (χ1) is 7.18. The molecular formula is C13H17NS. The van der Waals surface area contributed by atoms with Crippen molar-refractivity contribution in [3.8, 4) is 0 Å². The second kappa shape index (κ2) is 4.23. The van der Waals surface area contributed by atoms with Crippen LogP contribution in [0.2, 0.25) is 0 Å². The Bertz CT molecular complexity index is 444. The maximum atomic E-state index is 3.58. The molecule has 0 radical (unpaired) electrons. The molecule has 1 unspecified atom stereocenters. The first kappa shape index (κ1) is 10.5. The zero-order valence-electron chi connectivity index (χ0n) is 9.45. The number of fused-ring (bicyclic) bond motifs is 1.